The first-order valence-corrected chi connectivity index (χ1v) is 6.96. The Morgan fingerprint density at radius 3 is 2.57 bits per heavy atom. The van der Waals surface area contributed by atoms with E-state index in [-0.39, 0.29) is 12.3 Å². The molecule has 1 unspecified atom stereocenters. The van der Waals surface area contributed by atoms with Crippen LogP contribution >= 0.6 is 0 Å². The first-order valence-electron chi connectivity index (χ1n) is 6.96. The summed E-state index contributed by atoms with van der Waals surface area (Å²) < 4.78 is 0. The Labute approximate surface area is 123 Å². The van der Waals surface area contributed by atoms with Gasteiger partial charge in [-0.3, -0.25) is 15.0 Å². The molecular weight excluding hydrogens is 270 g/mol. The van der Waals surface area contributed by atoms with Crippen LogP contribution in [0, 0.1) is 0 Å². The fourth-order valence-corrected chi connectivity index (χ4v) is 2.20. The molecule has 0 radical (unpaired) electrons. The lowest BCUT2D eigenvalue weighted by molar-refractivity contribution is -0.138. The molecule has 1 saturated heterocycles. The van der Waals surface area contributed by atoms with E-state index >= 15 is 0 Å². The smallest absolute Gasteiger partial charge is 0.322 e. The van der Waals surface area contributed by atoms with Crippen molar-refractivity contribution < 1.29 is 14.4 Å². The summed E-state index contributed by atoms with van der Waals surface area (Å²) in [6.45, 7) is 3.33. The summed E-state index contributed by atoms with van der Waals surface area (Å²) in [5.74, 6) is -0.795. The van der Waals surface area contributed by atoms with Crippen molar-refractivity contribution in [2.24, 2.45) is 0 Å². The number of hydrogen-bond acceptors (Lipinski definition) is 3. The lowest BCUT2D eigenvalue weighted by atomic mass is 9.93. The van der Waals surface area contributed by atoms with Gasteiger partial charge in [0.25, 0.3) is 5.91 Å². The maximum Gasteiger partial charge on any atom is 0.344 e. The van der Waals surface area contributed by atoms with Gasteiger partial charge in [-0.2, -0.15) is 5.01 Å². The van der Waals surface area contributed by atoms with E-state index in [1.807, 2.05) is 30.3 Å². The van der Waals surface area contributed by atoms with E-state index in [9.17, 15) is 14.4 Å². The number of urea groups is 1. The number of aryl methyl sites for hydroxylation is 1. The second-order valence-electron chi connectivity index (χ2n) is 5.28. The van der Waals surface area contributed by atoms with Crippen LogP contribution in [0.3, 0.4) is 0 Å². The number of rotatable bonds is 5. The molecule has 112 valence electrons. The summed E-state index contributed by atoms with van der Waals surface area (Å²) in [5, 5.41) is 3.43. The molecule has 21 heavy (non-hydrogen) atoms. The zero-order chi connectivity index (χ0) is 15.5. The maximum absolute atomic E-state index is 12.3. The number of amides is 4. The fourth-order valence-electron chi connectivity index (χ4n) is 2.20. The number of benzene rings is 1. The van der Waals surface area contributed by atoms with Crippen LogP contribution in [0.5, 0.6) is 0 Å². The highest BCUT2D eigenvalue weighted by Gasteiger charge is 2.48. The van der Waals surface area contributed by atoms with Crippen molar-refractivity contribution in [1.82, 2.24) is 15.8 Å². The number of hydrazine groups is 1. The first-order chi connectivity index (χ1) is 9.96. The largest absolute Gasteiger partial charge is 0.344 e. The van der Waals surface area contributed by atoms with Crippen molar-refractivity contribution in [3.63, 3.8) is 0 Å². The van der Waals surface area contributed by atoms with Crippen molar-refractivity contribution in [2.75, 3.05) is 0 Å². The third-order valence-electron chi connectivity index (χ3n) is 3.58. The summed E-state index contributed by atoms with van der Waals surface area (Å²) in [4.78, 5) is 35.5. The third-order valence-corrected chi connectivity index (χ3v) is 3.58. The predicted molar refractivity (Wildman–Crippen MR) is 77.0 cm³/mol. The quantitative estimate of drug-likeness (QED) is 0.804. The highest BCUT2D eigenvalue weighted by atomic mass is 16.2. The van der Waals surface area contributed by atoms with Crippen LogP contribution in [0.2, 0.25) is 0 Å². The Morgan fingerprint density at radius 1 is 1.29 bits per heavy atom. The molecule has 1 aromatic rings. The molecule has 1 aliphatic rings. The lowest BCUT2D eigenvalue weighted by Crippen LogP contribution is -2.48. The van der Waals surface area contributed by atoms with Gasteiger partial charge < -0.3 is 5.32 Å². The van der Waals surface area contributed by atoms with E-state index in [0.29, 0.717) is 12.8 Å². The molecule has 1 aliphatic heterocycles. The highest BCUT2D eigenvalue weighted by molar-refractivity contribution is 6.07. The molecule has 0 bridgehead atoms. The molecule has 1 fully saturated rings. The molecular formula is C15H19N3O3. The highest BCUT2D eigenvalue weighted by Crippen LogP contribution is 2.22. The molecule has 6 nitrogen and oxygen atoms in total. The summed E-state index contributed by atoms with van der Waals surface area (Å²) in [6.07, 6.45) is 1.34. The zero-order valence-electron chi connectivity index (χ0n) is 12.2. The van der Waals surface area contributed by atoms with Gasteiger partial charge in [0.2, 0.25) is 5.91 Å². The van der Waals surface area contributed by atoms with Crippen LogP contribution in [-0.2, 0) is 16.0 Å². The number of nitrogens with one attached hydrogen (secondary N) is 2. The number of nitrogens with zero attached hydrogens (tertiary/aromatic N) is 1. The number of carbonyl (C=O) groups excluding carboxylic acids is 3. The van der Waals surface area contributed by atoms with Crippen LogP contribution in [0.15, 0.2) is 30.3 Å². The van der Waals surface area contributed by atoms with Crippen LogP contribution in [0.25, 0.3) is 0 Å². The molecule has 2 rings (SSSR count). The Balaban J connectivity index is 2.04. The van der Waals surface area contributed by atoms with Crippen molar-refractivity contribution in [3.8, 4) is 0 Å². The number of carbonyl (C=O) groups is 3. The standard InChI is InChI=1S/C15H19N3O3/c1-3-12(19)17-18-13(20)15(2,16-14(18)21)10-9-11-7-5-4-6-8-11/h4-8H,3,9-10H2,1-2H3,(H,16,21)(H,17,19). The van der Waals surface area contributed by atoms with Crippen LogP contribution < -0.4 is 10.7 Å². The predicted octanol–water partition coefficient (Wildman–Crippen LogP) is 1.37. The first kappa shape index (κ1) is 15.0. The van der Waals surface area contributed by atoms with E-state index < -0.39 is 17.5 Å². The van der Waals surface area contributed by atoms with Crippen LogP contribution in [0.4, 0.5) is 4.79 Å². The minimum Gasteiger partial charge on any atom is -0.322 e. The van der Waals surface area contributed by atoms with E-state index in [0.717, 1.165) is 10.6 Å². The maximum atomic E-state index is 12.3. The van der Waals surface area contributed by atoms with Crippen molar-refractivity contribution >= 4 is 17.8 Å². The van der Waals surface area contributed by atoms with Gasteiger partial charge in [-0.25, -0.2) is 4.79 Å². The Bertz CT molecular complexity index is 559. The lowest BCUT2D eigenvalue weighted by Gasteiger charge is -2.21. The Hall–Kier alpha value is -2.37. The second-order valence-corrected chi connectivity index (χ2v) is 5.28. The molecule has 0 aliphatic carbocycles. The molecule has 1 heterocycles. The average Bonchev–Trinajstić information content (AvgIpc) is 2.70. The van der Waals surface area contributed by atoms with Gasteiger partial charge in [0.1, 0.15) is 5.54 Å². The summed E-state index contributed by atoms with van der Waals surface area (Å²) in [5.41, 5.74) is 2.42. The zero-order valence-corrected chi connectivity index (χ0v) is 12.2. The SMILES string of the molecule is CCC(=O)NN1C(=O)NC(C)(CCc2ccccc2)C1=O. The topological polar surface area (TPSA) is 78.5 Å². The van der Waals surface area contributed by atoms with Crippen molar-refractivity contribution in [1.29, 1.82) is 0 Å². The monoisotopic (exact) mass is 289 g/mol. The van der Waals surface area contributed by atoms with Crippen molar-refractivity contribution in [3.05, 3.63) is 35.9 Å². The number of hydrogen-bond donors (Lipinski definition) is 2. The van der Waals surface area contributed by atoms with Gasteiger partial charge >= 0.3 is 6.03 Å². The summed E-state index contributed by atoms with van der Waals surface area (Å²) in [7, 11) is 0. The summed E-state index contributed by atoms with van der Waals surface area (Å²) >= 11 is 0. The minimum atomic E-state index is -0.992. The molecule has 2 N–H and O–H groups in total. The molecule has 1 aromatic carbocycles. The Kier molecular flexibility index (Phi) is 4.26. The van der Waals surface area contributed by atoms with Gasteiger partial charge in [0.05, 0.1) is 0 Å². The van der Waals surface area contributed by atoms with Crippen LogP contribution in [-0.4, -0.2) is 28.4 Å². The van der Waals surface area contributed by atoms with E-state index in [1.165, 1.54) is 0 Å². The van der Waals surface area contributed by atoms with E-state index in [4.69, 9.17) is 0 Å². The Morgan fingerprint density at radius 2 is 1.95 bits per heavy atom. The third kappa shape index (κ3) is 3.21. The van der Waals surface area contributed by atoms with Gasteiger partial charge in [0.15, 0.2) is 0 Å². The van der Waals surface area contributed by atoms with Gasteiger partial charge in [-0.05, 0) is 25.3 Å². The number of imide groups is 1. The van der Waals surface area contributed by atoms with Gasteiger partial charge in [-0.1, -0.05) is 37.3 Å². The van der Waals surface area contributed by atoms with Crippen LogP contribution in [0.1, 0.15) is 32.3 Å². The van der Waals surface area contributed by atoms with Gasteiger partial charge in [0, 0.05) is 6.42 Å². The minimum absolute atomic E-state index is 0.206. The molecule has 0 spiro atoms. The normalized spacial score (nSPS) is 21.3. The average molecular weight is 289 g/mol. The van der Waals surface area contributed by atoms with Gasteiger partial charge in [-0.15, -0.1) is 0 Å². The summed E-state index contributed by atoms with van der Waals surface area (Å²) in [6, 6.07) is 9.15. The molecule has 0 saturated carbocycles. The van der Waals surface area contributed by atoms with E-state index in [1.54, 1.807) is 13.8 Å². The fraction of sp³-hybridized carbons (Fsp3) is 0.400. The van der Waals surface area contributed by atoms with E-state index in [2.05, 4.69) is 10.7 Å². The molecule has 0 aromatic heterocycles. The molecule has 6 heteroatoms. The molecule has 1 atom stereocenters. The van der Waals surface area contributed by atoms with Crippen molar-refractivity contribution in [2.45, 2.75) is 38.6 Å². The molecule has 4 amide bonds. The second kappa shape index (κ2) is 5.95.